The smallest absolute Gasteiger partial charge is 0.218 e. The Balaban J connectivity index is 2.11. The lowest BCUT2D eigenvalue weighted by Crippen LogP contribution is -1.89. The van der Waals surface area contributed by atoms with Gasteiger partial charge in [-0.05, 0) is 42.3 Å². The summed E-state index contributed by atoms with van der Waals surface area (Å²) in [6, 6.07) is 7.99. The fourth-order valence-electron chi connectivity index (χ4n) is 1.97. The van der Waals surface area contributed by atoms with Gasteiger partial charge < -0.3 is 10.2 Å². The van der Waals surface area contributed by atoms with E-state index in [4.69, 9.17) is 5.11 Å². The van der Waals surface area contributed by atoms with Crippen LogP contribution in [0.15, 0.2) is 30.5 Å². The SMILES string of the molecule is OCCCCCc1ccc2ccnc(O)c2c1. The molecule has 0 spiro atoms. The second-order valence-electron chi connectivity index (χ2n) is 4.22. The van der Waals surface area contributed by atoms with Gasteiger partial charge in [-0.3, -0.25) is 0 Å². The number of pyridine rings is 1. The molecule has 0 saturated heterocycles. The normalized spacial score (nSPS) is 10.9. The van der Waals surface area contributed by atoms with E-state index in [1.807, 2.05) is 18.2 Å². The molecule has 0 aliphatic carbocycles. The Morgan fingerprint density at radius 1 is 1.06 bits per heavy atom. The first-order chi connectivity index (χ1) is 8.31. The highest BCUT2D eigenvalue weighted by Crippen LogP contribution is 2.23. The largest absolute Gasteiger partial charge is 0.493 e. The Kier molecular flexibility index (Phi) is 3.94. The van der Waals surface area contributed by atoms with Crippen molar-refractivity contribution in [3.05, 3.63) is 36.0 Å². The van der Waals surface area contributed by atoms with E-state index in [9.17, 15) is 5.11 Å². The Labute approximate surface area is 101 Å². The van der Waals surface area contributed by atoms with Crippen LogP contribution in [0.3, 0.4) is 0 Å². The number of aromatic nitrogens is 1. The molecule has 0 atom stereocenters. The van der Waals surface area contributed by atoms with Gasteiger partial charge in [-0.15, -0.1) is 0 Å². The van der Waals surface area contributed by atoms with Crippen LogP contribution in [-0.2, 0) is 6.42 Å². The van der Waals surface area contributed by atoms with Crippen molar-refractivity contribution >= 4 is 10.8 Å². The van der Waals surface area contributed by atoms with Gasteiger partial charge in [-0.2, -0.15) is 0 Å². The standard InChI is InChI=1S/C14H17NO2/c16-9-3-1-2-4-11-5-6-12-7-8-15-14(17)13(12)10-11/h5-8,10,16H,1-4,9H2,(H,15,17). The fraction of sp³-hybridized carbons (Fsp3) is 0.357. The number of nitrogens with zero attached hydrogens (tertiary/aromatic N) is 1. The Hall–Kier alpha value is -1.61. The van der Waals surface area contributed by atoms with E-state index >= 15 is 0 Å². The van der Waals surface area contributed by atoms with Gasteiger partial charge in [-0.1, -0.05) is 18.6 Å². The summed E-state index contributed by atoms with van der Waals surface area (Å²) in [5.74, 6) is 0.0970. The summed E-state index contributed by atoms with van der Waals surface area (Å²) < 4.78 is 0. The molecule has 1 aromatic heterocycles. The zero-order chi connectivity index (χ0) is 12.1. The predicted octanol–water partition coefficient (Wildman–Crippen LogP) is 2.65. The third-order valence-corrected chi connectivity index (χ3v) is 2.93. The lowest BCUT2D eigenvalue weighted by molar-refractivity contribution is 0.283. The van der Waals surface area contributed by atoms with Crippen LogP contribution in [-0.4, -0.2) is 21.8 Å². The van der Waals surface area contributed by atoms with Gasteiger partial charge in [0.2, 0.25) is 5.88 Å². The van der Waals surface area contributed by atoms with Crippen molar-refractivity contribution in [2.75, 3.05) is 6.61 Å². The number of aromatic hydroxyl groups is 1. The van der Waals surface area contributed by atoms with Crippen molar-refractivity contribution in [3.8, 4) is 5.88 Å². The summed E-state index contributed by atoms with van der Waals surface area (Å²) in [6.07, 6.45) is 5.55. The van der Waals surface area contributed by atoms with Crippen LogP contribution in [0.4, 0.5) is 0 Å². The minimum atomic E-state index is 0.0970. The van der Waals surface area contributed by atoms with Crippen molar-refractivity contribution in [2.45, 2.75) is 25.7 Å². The highest BCUT2D eigenvalue weighted by atomic mass is 16.3. The maximum absolute atomic E-state index is 9.66. The van der Waals surface area contributed by atoms with Gasteiger partial charge >= 0.3 is 0 Å². The van der Waals surface area contributed by atoms with Crippen LogP contribution in [0.25, 0.3) is 10.8 Å². The zero-order valence-electron chi connectivity index (χ0n) is 9.76. The molecule has 90 valence electrons. The van der Waals surface area contributed by atoms with E-state index in [0.29, 0.717) is 0 Å². The summed E-state index contributed by atoms with van der Waals surface area (Å²) in [5.41, 5.74) is 1.21. The minimum Gasteiger partial charge on any atom is -0.493 e. The number of aliphatic hydroxyl groups is 1. The van der Waals surface area contributed by atoms with E-state index in [1.165, 1.54) is 5.56 Å². The quantitative estimate of drug-likeness (QED) is 0.778. The van der Waals surface area contributed by atoms with E-state index in [-0.39, 0.29) is 12.5 Å². The van der Waals surface area contributed by atoms with Crippen molar-refractivity contribution < 1.29 is 10.2 Å². The van der Waals surface area contributed by atoms with Crippen LogP contribution >= 0.6 is 0 Å². The van der Waals surface area contributed by atoms with E-state index in [1.54, 1.807) is 6.20 Å². The molecular weight excluding hydrogens is 214 g/mol. The van der Waals surface area contributed by atoms with Gasteiger partial charge in [-0.25, -0.2) is 4.98 Å². The van der Waals surface area contributed by atoms with Crippen LogP contribution in [0, 0.1) is 0 Å². The van der Waals surface area contributed by atoms with E-state index in [2.05, 4.69) is 11.1 Å². The van der Waals surface area contributed by atoms with Crippen molar-refractivity contribution in [3.63, 3.8) is 0 Å². The first-order valence-electron chi connectivity index (χ1n) is 5.99. The number of hydrogen-bond acceptors (Lipinski definition) is 3. The molecule has 2 rings (SSSR count). The zero-order valence-corrected chi connectivity index (χ0v) is 9.76. The molecule has 0 radical (unpaired) electrons. The van der Waals surface area contributed by atoms with Gasteiger partial charge in [0.25, 0.3) is 0 Å². The molecule has 0 unspecified atom stereocenters. The summed E-state index contributed by atoms with van der Waals surface area (Å²) in [7, 11) is 0. The molecule has 3 heteroatoms. The lowest BCUT2D eigenvalue weighted by atomic mass is 10.0. The van der Waals surface area contributed by atoms with Crippen LogP contribution in [0.2, 0.25) is 0 Å². The first kappa shape index (κ1) is 11.9. The lowest BCUT2D eigenvalue weighted by Gasteiger charge is -2.04. The first-order valence-corrected chi connectivity index (χ1v) is 5.99. The van der Waals surface area contributed by atoms with Crippen molar-refractivity contribution in [1.82, 2.24) is 4.98 Å². The van der Waals surface area contributed by atoms with Gasteiger partial charge in [0, 0.05) is 18.2 Å². The summed E-state index contributed by atoms with van der Waals surface area (Å²) in [4.78, 5) is 3.88. The molecule has 17 heavy (non-hydrogen) atoms. The van der Waals surface area contributed by atoms with Gasteiger partial charge in [0.05, 0.1) is 0 Å². The van der Waals surface area contributed by atoms with E-state index in [0.717, 1.165) is 36.5 Å². The van der Waals surface area contributed by atoms with Crippen molar-refractivity contribution in [1.29, 1.82) is 0 Å². The topological polar surface area (TPSA) is 53.4 Å². The molecule has 0 aliphatic heterocycles. The maximum Gasteiger partial charge on any atom is 0.218 e. The average Bonchev–Trinajstić information content (AvgIpc) is 2.36. The number of aliphatic hydroxyl groups excluding tert-OH is 1. The highest BCUT2D eigenvalue weighted by molar-refractivity contribution is 5.86. The molecule has 0 bridgehead atoms. The number of fused-ring (bicyclic) bond motifs is 1. The van der Waals surface area contributed by atoms with Crippen LogP contribution < -0.4 is 0 Å². The minimum absolute atomic E-state index is 0.0970. The number of aryl methyl sites for hydroxylation is 1. The van der Waals surface area contributed by atoms with Crippen LogP contribution in [0.1, 0.15) is 24.8 Å². The molecule has 2 N–H and O–H groups in total. The third-order valence-electron chi connectivity index (χ3n) is 2.93. The summed E-state index contributed by atoms with van der Waals surface area (Å²) in [5, 5.41) is 20.2. The molecule has 0 aliphatic rings. The average molecular weight is 231 g/mol. The molecule has 0 fully saturated rings. The van der Waals surface area contributed by atoms with Gasteiger partial charge in [0.1, 0.15) is 0 Å². The Bertz CT molecular complexity index is 497. The summed E-state index contributed by atoms with van der Waals surface area (Å²) >= 11 is 0. The summed E-state index contributed by atoms with van der Waals surface area (Å²) in [6.45, 7) is 0.266. The van der Waals surface area contributed by atoms with E-state index < -0.39 is 0 Å². The second kappa shape index (κ2) is 5.64. The molecule has 0 amide bonds. The van der Waals surface area contributed by atoms with Crippen LogP contribution in [0.5, 0.6) is 5.88 Å². The molecule has 1 heterocycles. The number of rotatable bonds is 5. The number of unbranched alkanes of at least 4 members (excludes halogenated alkanes) is 2. The number of hydrogen-bond donors (Lipinski definition) is 2. The molecule has 0 saturated carbocycles. The maximum atomic E-state index is 9.66. The van der Waals surface area contributed by atoms with Crippen molar-refractivity contribution in [2.24, 2.45) is 0 Å². The molecule has 2 aromatic rings. The third kappa shape index (κ3) is 2.94. The molecular formula is C14H17NO2. The Morgan fingerprint density at radius 2 is 1.94 bits per heavy atom. The number of benzene rings is 1. The highest BCUT2D eigenvalue weighted by Gasteiger charge is 2.01. The van der Waals surface area contributed by atoms with Gasteiger partial charge in [0.15, 0.2) is 0 Å². The fourth-order valence-corrected chi connectivity index (χ4v) is 1.97. The second-order valence-corrected chi connectivity index (χ2v) is 4.22. The molecule has 3 nitrogen and oxygen atoms in total. The Morgan fingerprint density at radius 3 is 2.76 bits per heavy atom. The molecule has 1 aromatic carbocycles. The predicted molar refractivity (Wildman–Crippen MR) is 68.0 cm³/mol. The monoisotopic (exact) mass is 231 g/mol.